The van der Waals surface area contributed by atoms with E-state index in [0.717, 1.165) is 10.2 Å². The van der Waals surface area contributed by atoms with Crippen LogP contribution in [0.25, 0.3) is 0 Å². The molecule has 1 amide bonds. The van der Waals surface area contributed by atoms with Gasteiger partial charge < -0.3 is 9.80 Å². The molecule has 28 heavy (non-hydrogen) atoms. The van der Waals surface area contributed by atoms with E-state index >= 15 is 0 Å². The molecule has 2 aromatic rings. The maximum Gasteiger partial charge on any atom is 0.264 e. The molecular formula is C19H22FN3O4S. The zero-order valence-electron chi connectivity index (χ0n) is 15.7. The topological polar surface area (TPSA) is 70.2 Å². The van der Waals surface area contributed by atoms with Crippen molar-refractivity contribution in [3.8, 4) is 0 Å². The van der Waals surface area contributed by atoms with Gasteiger partial charge in [-0.3, -0.25) is 9.63 Å². The van der Waals surface area contributed by atoms with Crippen LogP contribution in [0.4, 0.5) is 10.1 Å². The van der Waals surface area contributed by atoms with Crippen molar-refractivity contribution in [2.24, 2.45) is 0 Å². The van der Waals surface area contributed by atoms with Crippen LogP contribution < -0.4 is 4.90 Å². The summed E-state index contributed by atoms with van der Waals surface area (Å²) in [7, 11) is -1.18. The number of hydroxylamine groups is 1. The molecular weight excluding hydrogens is 385 g/mol. The van der Waals surface area contributed by atoms with E-state index in [9.17, 15) is 17.6 Å². The third-order valence-corrected chi connectivity index (χ3v) is 6.45. The summed E-state index contributed by atoms with van der Waals surface area (Å²) in [4.78, 5) is 21.3. The fourth-order valence-corrected chi connectivity index (χ4v) is 3.99. The highest BCUT2D eigenvalue weighted by Gasteiger charge is 2.24. The highest BCUT2D eigenvalue weighted by Crippen LogP contribution is 2.19. The van der Waals surface area contributed by atoms with Gasteiger partial charge in [0, 0.05) is 44.5 Å². The molecule has 0 unspecified atom stereocenters. The van der Waals surface area contributed by atoms with E-state index in [0.29, 0.717) is 31.7 Å². The lowest BCUT2D eigenvalue weighted by molar-refractivity contribution is -0.0258. The van der Waals surface area contributed by atoms with Gasteiger partial charge in [-0.2, -0.15) is 0 Å². The van der Waals surface area contributed by atoms with Crippen LogP contribution in [0, 0.1) is 5.82 Å². The number of nitrogens with zero attached hydrogens (tertiary/aromatic N) is 3. The number of hydrogen-bond donors (Lipinski definition) is 0. The Kier molecular flexibility index (Phi) is 5.97. The molecule has 1 fully saturated rings. The van der Waals surface area contributed by atoms with E-state index in [4.69, 9.17) is 4.84 Å². The Morgan fingerprint density at radius 2 is 1.57 bits per heavy atom. The standard InChI is InChI=1S/C19H22FN3O4S/c1-21(27-2)28(25,26)18-9-3-15(4-10-18)19(24)23-13-11-22(12-14-23)17-7-5-16(20)6-8-17/h3-10H,11-14H2,1-2H3. The Hall–Kier alpha value is -2.49. The van der Waals surface area contributed by atoms with Gasteiger partial charge in [0.1, 0.15) is 5.82 Å². The lowest BCUT2D eigenvalue weighted by atomic mass is 10.1. The minimum atomic E-state index is -3.74. The molecule has 9 heteroatoms. The van der Waals surface area contributed by atoms with Crippen LogP contribution in [0.1, 0.15) is 10.4 Å². The van der Waals surface area contributed by atoms with E-state index < -0.39 is 10.0 Å². The number of amides is 1. The van der Waals surface area contributed by atoms with Crippen molar-refractivity contribution in [2.45, 2.75) is 4.90 Å². The summed E-state index contributed by atoms with van der Waals surface area (Å²) in [5.74, 6) is -0.428. The SMILES string of the molecule is CON(C)S(=O)(=O)c1ccc(C(=O)N2CCN(c3ccc(F)cc3)CC2)cc1. The molecule has 7 nitrogen and oxygen atoms in total. The molecule has 0 spiro atoms. The largest absolute Gasteiger partial charge is 0.368 e. The summed E-state index contributed by atoms with van der Waals surface area (Å²) in [6.45, 7) is 2.34. The molecule has 1 heterocycles. The number of sulfonamides is 1. The number of rotatable bonds is 5. The number of hydrogen-bond acceptors (Lipinski definition) is 5. The number of piperazine rings is 1. The predicted octanol–water partition coefficient (Wildman–Crippen LogP) is 1.97. The average Bonchev–Trinajstić information content (AvgIpc) is 2.73. The van der Waals surface area contributed by atoms with E-state index in [1.165, 1.54) is 50.6 Å². The molecule has 2 aromatic carbocycles. The molecule has 1 aliphatic heterocycles. The lowest BCUT2D eigenvalue weighted by Crippen LogP contribution is -2.48. The Balaban J connectivity index is 1.64. The number of carbonyl (C=O) groups is 1. The molecule has 0 N–H and O–H groups in total. The maximum atomic E-state index is 13.1. The quantitative estimate of drug-likeness (QED) is 0.709. The first-order valence-electron chi connectivity index (χ1n) is 8.76. The van der Waals surface area contributed by atoms with Crippen molar-refractivity contribution in [1.82, 2.24) is 9.37 Å². The predicted molar refractivity (Wildman–Crippen MR) is 103 cm³/mol. The molecule has 0 saturated carbocycles. The number of benzene rings is 2. The van der Waals surface area contributed by atoms with Crippen LogP contribution in [0.2, 0.25) is 0 Å². The molecule has 3 rings (SSSR count). The van der Waals surface area contributed by atoms with Gasteiger partial charge >= 0.3 is 0 Å². The average molecular weight is 407 g/mol. The molecule has 0 bridgehead atoms. The fourth-order valence-electron chi connectivity index (χ4n) is 3.02. The Bertz CT molecular complexity index is 925. The van der Waals surface area contributed by atoms with Gasteiger partial charge in [0.15, 0.2) is 0 Å². The summed E-state index contributed by atoms with van der Waals surface area (Å²) >= 11 is 0. The number of carbonyl (C=O) groups excluding carboxylic acids is 1. The van der Waals surface area contributed by atoms with Crippen molar-refractivity contribution in [3.05, 3.63) is 59.9 Å². The molecule has 0 atom stereocenters. The zero-order chi connectivity index (χ0) is 20.3. The van der Waals surface area contributed by atoms with Gasteiger partial charge in [-0.1, -0.05) is 4.47 Å². The van der Waals surface area contributed by atoms with Gasteiger partial charge in [-0.05, 0) is 48.5 Å². The maximum absolute atomic E-state index is 13.1. The van der Waals surface area contributed by atoms with Gasteiger partial charge in [-0.25, -0.2) is 12.8 Å². The summed E-state index contributed by atoms with van der Waals surface area (Å²) < 4.78 is 38.2. The van der Waals surface area contributed by atoms with Crippen LogP contribution in [-0.2, 0) is 14.9 Å². The molecule has 0 aliphatic carbocycles. The molecule has 0 radical (unpaired) electrons. The van der Waals surface area contributed by atoms with Crippen molar-refractivity contribution < 1.29 is 22.4 Å². The molecule has 1 aliphatic rings. The minimum Gasteiger partial charge on any atom is -0.368 e. The molecule has 1 saturated heterocycles. The van der Waals surface area contributed by atoms with Crippen LogP contribution in [-0.4, -0.2) is 64.0 Å². The number of halogens is 1. The Morgan fingerprint density at radius 3 is 2.11 bits per heavy atom. The highest BCUT2D eigenvalue weighted by molar-refractivity contribution is 7.89. The monoisotopic (exact) mass is 407 g/mol. The van der Waals surface area contributed by atoms with Crippen molar-refractivity contribution in [3.63, 3.8) is 0 Å². The second-order valence-corrected chi connectivity index (χ2v) is 8.31. The van der Waals surface area contributed by atoms with E-state index in [-0.39, 0.29) is 16.6 Å². The van der Waals surface area contributed by atoms with E-state index in [1.54, 1.807) is 17.0 Å². The third kappa shape index (κ3) is 4.16. The highest BCUT2D eigenvalue weighted by atomic mass is 32.2. The summed E-state index contributed by atoms with van der Waals surface area (Å²) in [6.07, 6.45) is 0. The summed E-state index contributed by atoms with van der Waals surface area (Å²) in [5.41, 5.74) is 1.35. The van der Waals surface area contributed by atoms with Gasteiger partial charge in [-0.15, -0.1) is 0 Å². The van der Waals surface area contributed by atoms with Crippen molar-refractivity contribution in [2.75, 3.05) is 45.2 Å². The fraction of sp³-hybridized carbons (Fsp3) is 0.316. The second kappa shape index (κ2) is 8.26. The normalized spacial score (nSPS) is 15.1. The minimum absolute atomic E-state index is 0.0505. The first kappa shape index (κ1) is 20.2. The smallest absolute Gasteiger partial charge is 0.264 e. The second-order valence-electron chi connectivity index (χ2n) is 6.38. The lowest BCUT2D eigenvalue weighted by Gasteiger charge is -2.36. The molecule has 150 valence electrons. The van der Waals surface area contributed by atoms with E-state index in [2.05, 4.69) is 4.90 Å². The van der Waals surface area contributed by atoms with Gasteiger partial charge in [0.2, 0.25) is 0 Å². The zero-order valence-corrected chi connectivity index (χ0v) is 16.5. The molecule has 0 aromatic heterocycles. The van der Waals surface area contributed by atoms with Crippen molar-refractivity contribution in [1.29, 1.82) is 0 Å². The summed E-state index contributed by atoms with van der Waals surface area (Å²) in [6, 6.07) is 12.1. The van der Waals surface area contributed by atoms with Crippen LogP contribution >= 0.6 is 0 Å². The summed E-state index contributed by atoms with van der Waals surface area (Å²) in [5, 5.41) is 0. The Labute approximate surface area is 163 Å². The van der Waals surface area contributed by atoms with Gasteiger partial charge in [0.25, 0.3) is 15.9 Å². The van der Waals surface area contributed by atoms with E-state index in [1.807, 2.05) is 0 Å². The van der Waals surface area contributed by atoms with Crippen LogP contribution in [0.5, 0.6) is 0 Å². The Morgan fingerprint density at radius 1 is 1.00 bits per heavy atom. The third-order valence-electron chi connectivity index (χ3n) is 4.75. The van der Waals surface area contributed by atoms with Gasteiger partial charge in [0.05, 0.1) is 12.0 Å². The van der Waals surface area contributed by atoms with Crippen molar-refractivity contribution >= 4 is 21.6 Å². The number of anilines is 1. The first-order chi connectivity index (χ1) is 13.3. The van der Waals surface area contributed by atoms with Crippen LogP contribution in [0.3, 0.4) is 0 Å². The first-order valence-corrected chi connectivity index (χ1v) is 10.2. The van der Waals surface area contributed by atoms with Crippen LogP contribution in [0.15, 0.2) is 53.4 Å².